The summed E-state index contributed by atoms with van der Waals surface area (Å²) in [5.74, 6) is -1.05. The second kappa shape index (κ2) is 7.14. The first-order valence-electron chi connectivity index (χ1n) is 6.75. The monoisotopic (exact) mass is 322 g/mol. The van der Waals surface area contributed by atoms with Crippen LogP contribution in [0.5, 0.6) is 0 Å². The van der Waals surface area contributed by atoms with E-state index in [2.05, 4.69) is 16.7 Å². The lowest BCUT2D eigenvalue weighted by molar-refractivity contribution is -0.121. The van der Waals surface area contributed by atoms with Gasteiger partial charge in [0.2, 0.25) is 5.91 Å². The molecule has 2 amide bonds. The van der Waals surface area contributed by atoms with Crippen molar-refractivity contribution in [2.24, 2.45) is 11.7 Å². The molecular weight excluding hydrogens is 304 g/mol. The number of nitrogens with two attached hydrogens (primary N) is 1. The third-order valence-corrected chi connectivity index (χ3v) is 3.71. The standard InChI is InChI=1S/C15H19ClN4O2/c1-9(2)15(3,8-17)20-13(21)7-19-12-5-4-10(16)6-11(12)14(18)22/h4-6,9,19H,7H2,1-3H3,(H2,18,22)(H,20,21). The number of anilines is 1. The minimum absolute atomic E-state index is 0.0434. The Hall–Kier alpha value is -2.26. The second-order valence-electron chi connectivity index (χ2n) is 5.42. The van der Waals surface area contributed by atoms with Crippen molar-refractivity contribution in [2.45, 2.75) is 26.3 Å². The summed E-state index contributed by atoms with van der Waals surface area (Å²) in [6, 6.07) is 6.68. The van der Waals surface area contributed by atoms with Crippen LogP contribution in [0.3, 0.4) is 0 Å². The van der Waals surface area contributed by atoms with Crippen LogP contribution < -0.4 is 16.4 Å². The van der Waals surface area contributed by atoms with E-state index in [1.807, 2.05) is 13.8 Å². The summed E-state index contributed by atoms with van der Waals surface area (Å²) in [6.07, 6.45) is 0. The number of carbonyl (C=O) groups is 2. The highest BCUT2D eigenvalue weighted by atomic mass is 35.5. The van der Waals surface area contributed by atoms with Crippen LogP contribution in [0.1, 0.15) is 31.1 Å². The quantitative estimate of drug-likeness (QED) is 0.743. The molecule has 118 valence electrons. The van der Waals surface area contributed by atoms with Crippen molar-refractivity contribution in [3.8, 4) is 6.07 Å². The van der Waals surface area contributed by atoms with Crippen molar-refractivity contribution < 1.29 is 9.59 Å². The molecule has 6 nitrogen and oxygen atoms in total. The molecule has 0 heterocycles. The average molecular weight is 323 g/mol. The normalized spacial score (nSPS) is 13.1. The number of primary amides is 1. The van der Waals surface area contributed by atoms with Crippen LogP contribution >= 0.6 is 11.6 Å². The Balaban J connectivity index is 2.77. The molecule has 0 aliphatic rings. The van der Waals surface area contributed by atoms with E-state index in [4.69, 9.17) is 17.3 Å². The Labute approximate surface area is 134 Å². The van der Waals surface area contributed by atoms with E-state index in [-0.39, 0.29) is 23.9 Å². The maximum Gasteiger partial charge on any atom is 0.250 e. The number of hydrogen-bond donors (Lipinski definition) is 3. The molecule has 0 bridgehead atoms. The van der Waals surface area contributed by atoms with Crippen LogP contribution in [-0.2, 0) is 4.79 Å². The topological polar surface area (TPSA) is 108 Å². The summed E-state index contributed by atoms with van der Waals surface area (Å²) in [6.45, 7) is 5.27. The summed E-state index contributed by atoms with van der Waals surface area (Å²) in [7, 11) is 0. The van der Waals surface area contributed by atoms with Gasteiger partial charge in [0.1, 0.15) is 5.54 Å². The van der Waals surface area contributed by atoms with Crippen molar-refractivity contribution in [1.29, 1.82) is 5.26 Å². The fourth-order valence-corrected chi connectivity index (χ4v) is 1.86. The van der Waals surface area contributed by atoms with E-state index in [9.17, 15) is 14.9 Å². The first-order chi connectivity index (χ1) is 10.2. The fourth-order valence-electron chi connectivity index (χ4n) is 1.69. The van der Waals surface area contributed by atoms with E-state index >= 15 is 0 Å². The molecule has 0 saturated heterocycles. The van der Waals surface area contributed by atoms with Crippen LogP contribution in [0.2, 0.25) is 5.02 Å². The van der Waals surface area contributed by atoms with Crippen molar-refractivity contribution in [2.75, 3.05) is 11.9 Å². The van der Waals surface area contributed by atoms with Crippen LogP contribution in [-0.4, -0.2) is 23.9 Å². The highest BCUT2D eigenvalue weighted by molar-refractivity contribution is 6.31. The summed E-state index contributed by atoms with van der Waals surface area (Å²) in [5.41, 5.74) is 4.93. The Morgan fingerprint density at radius 2 is 2.09 bits per heavy atom. The smallest absolute Gasteiger partial charge is 0.250 e. The van der Waals surface area contributed by atoms with Gasteiger partial charge in [0.05, 0.1) is 18.2 Å². The van der Waals surface area contributed by atoms with Gasteiger partial charge in [-0.1, -0.05) is 25.4 Å². The number of nitrogens with zero attached hydrogens (tertiary/aromatic N) is 1. The van der Waals surface area contributed by atoms with Crippen molar-refractivity contribution >= 4 is 29.1 Å². The number of halogens is 1. The molecule has 0 aliphatic heterocycles. The van der Waals surface area contributed by atoms with Gasteiger partial charge in [-0.15, -0.1) is 0 Å². The number of carbonyl (C=O) groups excluding carboxylic acids is 2. The number of hydrogen-bond acceptors (Lipinski definition) is 4. The van der Waals surface area contributed by atoms with Gasteiger partial charge in [-0.05, 0) is 31.0 Å². The van der Waals surface area contributed by atoms with Crippen LogP contribution in [0, 0.1) is 17.2 Å². The molecule has 1 aromatic rings. The van der Waals surface area contributed by atoms with E-state index in [0.717, 1.165) is 0 Å². The molecule has 0 saturated carbocycles. The van der Waals surface area contributed by atoms with Gasteiger partial charge in [-0.2, -0.15) is 5.26 Å². The SMILES string of the molecule is CC(C)C(C)(C#N)NC(=O)CNc1ccc(Cl)cc1C(N)=O. The van der Waals surface area contributed by atoms with Crippen molar-refractivity contribution in [3.63, 3.8) is 0 Å². The predicted molar refractivity (Wildman–Crippen MR) is 85.5 cm³/mol. The molecule has 1 rings (SSSR count). The predicted octanol–water partition coefficient (Wildman–Crippen LogP) is 1.91. The molecule has 1 aromatic carbocycles. The Kier molecular flexibility index (Phi) is 5.77. The van der Waals surface area contributed by atoms with Gasteiger partial charge in [0, 0.05) is 10.7 Å². The van der Waals surface area contributed by atoms with Crippen molar-refractivity contribution in [3.05, 3.63) is 28.8 Å². The molecule has 1 unspecified atom stereocenters. The third kappa shape index (κ3) is 4.37. The average Bonchev–Trinajstić information content (AvgIpc) is 2.45. The fraction of sp³-hybridized carbons (Fsp3) is 0.400. The van der Waals surface area contributed by atoms with Crippen molar-refractivity contribution in [1.82, 2.24) is 5.32 Å². The number of rotatable bonds is 6. The van der Waals surface area contributed by atoms with Crippen LogP contribution in [0.4, 0.5) is 5.69 Å². The minimum Gasteiger partial charge on any atom is -0.376 e. The van der Waals surface area contributed by atoms with Gasteiger partial charge in [-0.25, -0.2) is 0 Å². The van der Waals surface area contributed by atoms with Crippen LogP contribution in [0.25, 0.3) is 0 Å². The highest BCUT2D eigenvalue weighted by Gasteiger charge is 2.29. The number of nitriles is 1. The summed E-state index contributed by atoms with van der Waals surface area (Å²) in [5, 5.41) is 15.0. The molecule has 4 N–H and O–H groups in total. The number of benzene rings is 1. The van der Waals surface area contributed by atoms with E-state index in [0.29, 0.717) is 10.7 Å². The maximum atomic E-state index is 12.0. The molecule has 0 spiro atoms. The first-order valence-corrected chi connectivity index (χ1v) is 7.13. The van der Waals surface area contributed by atoms with Gasteiger partial charge >= 0.3 is 0 Å². The summed E-state index contributed by atoms with van der Waals surface area (Å²) >= 11 is 5.81. The minimum atomic E-state index is -0.953. The Bertz CT molecular complexity index is 624. The zero-order valence-corrected chi connectivity index (χ0v) is 13.5. The van der Waals surface area contributed by atoms with E-state index in [1.54, 1.807) is 19.1 Å². The summed E-state index contributed by atoms with van der Waals surface area (Å²) < 4.78 is 0. The zero-order valence-electron chi connectivity index (χ0n) is 12.7. The zero-order chi connectivity index (χ0) is 16.9. The lowest BCUT2D eigenvalue weighted by Crippen LogP contribution is -2.50. The Morgan fingerprint density at radius 3 is 2.59 bits per heavy atom. The lowest BCUT2D eigenvalue weighted by Gasteiger charge is -2.27. The first kappa shape index (κ1) is 17.8. The molecular formula is C15H19ClN4O2. The third-order valence-electron chi connectivity index (χ3n) is 3.47. The molecule has 0 aromatic heterocycles. The second-order valence-corrected chi connectivity index (χ2v) is 5.86. The van der Waals surface area contributed by atoms with E-state index in [1.165, 1.54) is 6.07 Å². The number of nitrogens with one attached hydrogen (secondary N) is 2. The van der Waals surface area contributed by atoms with Gasteiger partial charge < -0.3 is 16.4 Å². The molecule has 1 atom stereocenters. The summed E-state index contributed by atoms with van der Waals surface area (Å²) in [4.78, 5) is 23.3. The largest absolute Gasteiger partial charge is 0.376 e. The molecule has 0 aliphatic carbocycles. The Morgan fingerprint density at radius 1 is 1.45 bits per heavy atom. The van der Waals surface area contributed by atoms with Gasteiger partial charge in [0.15, 0.2) is 0 Å². The molecule has 7 heteroatoms. The lowest BCUT2D eigenvalue weighted by atomic mass is 9.90. The van der Waals surface area contributed by atoms with E-state index < -0.39 is 11.4 Å². The highest BCUT2D eigenvalue weighted by Crippen LogP contribution is 2.20. The maximum absolute atomic E-state index is 12.0. The van der Waals surface area contributed by atoms with Gasteiger partial charge in [0.25, 0.3) is 5.91 Å². The van der Waals surface area contributed by atoms with Crippen LogP contribution in [0.15, 0.2) is 18.2 Å². The van der Waals surface area contributed by atoms with Gasteiger partial charge in [-0.3, -0.25) is 9.59 Å². The molecule has 0 fully saturated rings. The molecule has 0 radical (unpaired) electrons. The number of amides is 2. The molecule has 22 heavy (non-hydrogen) atoms.